The maximum Gasteiger partial charge on any atom is 0.0782 e. The minimum Gasteiger partial charge on any atom is -0.139 e. The molecule has 52 heavy (non-hydrogen) atoms. The van der Waals surface area contributed by atoms with Crippen molar-refractivity contribution in [3.8, 4) is 62.0 Å². The predicted molar refractivity (Wildman–Crippen MR) is 242 cm³/mol. The SMILES string of the molecule is CCCCCCc1ccc(-c2ccc(-c3cc(C#CC(C)(C)C)sc3-c3sc(C(C)(C)C)cc3-c3ccc(-c4ccc(CCCCCC)s4)s3)s2)s1. The molecule has 0 bridgehead atoms. The van der Waals surface area contributed by atoms with E-state index in [-0.39, 0.29) is 10.8 Å². The summed E-state index contributed by atoms with van der Waals surface area (Å²) in [5.41, 5.74) is 2.70. The second kappa shape index (κ2) is 17.5. The van der Waals surface area contributed by atoms with E-state index in [0.717, 1.165) is 4.88 Å². The third-order valence-electron chi connectivity index (χ3n) is 9.08. The summed E-state index contributed by atoms with van der Waals surface area (Å²) in [6.07, 6.45) is 12.9. The average molecular weight is 799 g/mol. The van der Waals surface area contributed by atoms with Gasteiger partial charge in [0.05, 0.1) is 14.6 Å². The van der Waals surface area contributed by atoms with Gasteiger partial charge in [0.15, 0.2) is 0 Å². The highest BCUT2D eigenvalue weighted by Crippen LogP contribution is 2.52. The first-order valence-corrected chi connectivity index (χ1v) is 24.0. The fourth-order valence-electron chi connectivity index (χ4n) is 6.14. The van der Waals surface area contributed by atoms with Crippen LogP contribution in [0.2, 0.25) is 0 Å². The summed E-state index contributed by atoms with van der Waals surface area (Å²) < 4.78 is 0. The number of hydrogen-bond donors (Lipinski definition) is 0. The van der Waals surface area contributed by atoms with Gasteiger partial charge in [-0.05, 0) is 113 Å². The summed E-state index contributed by atoms with van der Waals surface area (Å²) in [6, 6.07) is 23.7. The predicted octanol–water partition coefficient (Wildman–Crippen LogP) is 17.3. The molecule has 0 spiro atoms. The molecule has 0 amide bonds. The Balaban J connectivity index is 1.37. The van der Waals surface area contributed by atoms with E-state index < -0.39 is 0 Å². The Bertz CT molecular complexity index is 2100. The first-order valence-electron chi connectivity index (χ1n) is 19.1. The van der Waals surface area contributed by atoms with Gasteiger partial charge in [-0.15, -0.1) is 68.0 Å². The van der Waals surface area contributed by atoms with Gasteiger partial charge in [0.2, 0.25) is 0 Å². The minimum atomic E-state index is -0.0497. The van der Waals surface area contributed by atoms with E-state index in [4.69, 9.17) is 0 Å². The fourth-order valence-corrected chi connectivity index (χ4v) is 13.0. The number of unbranched alkanes of at least 4 members (excludes halogenated alkanes) is 6. The molecule has 6 heterocycles. The smallest absolute Gasteiger partial charge is 0.0782 e. The van der Waals surface area contributed by atoms with Crippen molar-refractivity contribution in [1.82, 2.24) is 0 Å². The van der Waals surface area contributed by atoms with Gasteiger partial charge in [-0.3, -0.25) is 0 Å². The third kappa shape index (κ3) is 10.1. The molecule has 6 heteroatoms. The van der Waals surface area contributed by atoms with E-state index >= 15 is 0 Å². The Kier molecular flexibility index (Phi) is 13.3. The summed E-state index contributed by atoms with van der Waals surface area (Å²) in [7, 11) is 0. The number of aryl methyl sites for hydroxylation is 2. The van der Waals surface area contributed by atoms with Crippen LogP contribution in [0.3, 0.4) is 0 Å². The zero-order chi connectivity index (χ0) is 36.9. The van der Waals surface area contributed by atoms with Crippen molar-refractivity contribution in [3.63, 3.8) is 0 Å². The molecule has 0 aliphatic rings. The van der Waals surface area contributed by atoms with Gasteiger partial charge in [0.1, 0.15) is 0 Å². The van der Waals surface area contributed by atoms with Crippen molar-refractivity contribution < 1.29 is 0 Å². The van der Waals surface area contributed by atoms with Crippen LogP contribution in [0.15, 0.2) is 60.7 Å². The topological polar surface area (TPSA) is 0 Å². The maximum absolute atomic E-state index is 3.58. The molecule has 0 aliphatic heterocycles. The van der Waals surface area contributed by atoms with Crippen LogP contribution in [0.1, 0.15) is 126 Å². The van der Waals surface area contributed by atoms with Crippen LogP contribution in [-0.4, -0.2) is 0 Å². The van der Waals surface area contributed by atoms with E-state index in [0.29, 0.717) is 0 Å². The molecule has 0 radical (unpaired) electrons. The van der Waals surface area contributed by atoms with Crippen molar-refractivity contribution in [1.29, 1.82) is 0 Å². The Hall–Kier alpha value is -2.24. The van der Waals surface area contributed by atoms with Crippen molar-refractivity contribution in [2.45, 2.75) is 125 Å². The lowest BCUT2D eigenvalue weighted by atomic mass is 9.94. The van der Waals surface area contributed by atoms with Gasteiger partial charge < -0.3 is 0 Å². The Morgan fingerprint density at radius 2 is 0.942 bits per heavy atom. The van der Waals surface area contributed by atoms with Crippen LogP contribution in [-0.2, 0) is 18.3 Å². The molecule has 0 N–H and O–H groups in total. The summed E-state index contributed by atoms with van der Waals surface area (Å²) in [5, 5.41) is 0. The summed E-state index contributed by atoms with van der Waals surface area (Å²) in [6.45, 7) is 18.2. The summed E-state index contributed by atoms with van der Waals surface area (Å²) in [5.74, 6) is 7.11. The van der Waals surface area contributed by atoms with Gasteiger partial charge in [-0.1, -0.05) is 85.0 Å². The Morgan fingerprint density at radius 1 is 0.481 bits per heavy atom. The zero-order valence-electron chi connectivity index (χ0n) is 32.3. The molecule has 0 atom stereocenters. The molecule has 6 rings (SSSR count). The molecule has 0 nitrogen and oxygen atoms in total. The Labute approximate surface area is 338 Å². The second-order valence-corrected chi connectivity index (χ2v) is 22.5. The summed E-state index contributed by atoms with van der Waals surface area (Å²) in [4.78, 5) is 16.5. The van der Waals surface area contributed by atoms with E-state index in [1.165, 1.54) is 129 Å². The normalized spacial score (nSPS) is 12.1. The number of hydrogen-bond acceptors (Lipinski definition) is 6. The van der Waals surface area contributed by atoms with Crippen LogP contribution < -0.4 is 0 Å². The first kappa shape index (κ1) is 39.5. The van der Waals surface area contributed by atoms with E-state index in [2.05, 4.69) is 128 Å². The maximum atomic E-state index is 3.58. The molecule has 0 fully saturated rings. The van der Waals surface area contributed by atoms with E-state index in [9.17, 15) is 0 Å². The largest absolute Gasteiger partial charge is 0.139 e. The molecule has 274 valence electrons. The number of thiophene rings is 6. The van der Waals surface area contributed by atoms with Crippen LogP contribution in [0.4, 0.5) is 0 Å². The van der Waals surface area contributed by atoms with Gasteiger partial charge >= 0.3 is 0 Å². The standard InChI is InChI=1S/C46H54S6/c1-9-11-13-15-17-31-19-21-38(47-31)40-25-23-36(50-40)34-29-33(27-28-45(3,4)5)49-43(34)44-35(30-42(52-44)46(6,7)8)37-24-26-41(51-37)39-22-20-32(48-39)18-16-14-12-10-2/h19-26,29-30H,9-18H2,1-8H3. The van der Waals surface area contributed by atoms with Gasteiger partial charge in [-0.25, -0.2) is 0 Å². The molecule has 0 saturated heterocycles. The lowest BCUT2D eigenvalue weighted by molar-refractivity contribution is 0.571. The number of rotatable bonds is 15. The van der Waals surface area contributed by atoms with E-state index in [1.807, 2.05) is 68.0 Å². The van der Waals surface area contributed by atoms with Crippen molar-refractivity contribution in [2.75, 3.05) is 0 Å². The van der Waals surface area contributed by atoms with Gasteiger partial charge in [0, 0.05) is 60.4 Å². The van der Waals surface area contributed by atoms with Gasteiger partial charge in [0.25, 0.3) is 0 Å². The second-order valence-electron chi connectivity index (χ2n) is 15.9. The molecule has 6 aromatic rings. The molecular weight excluding hydrogens is 745 g/mol. The lowest BCUT2D eigenvalue weighted by Crippen LogP contribution is -2.07. The highest BCUT2D eigenvalue weighted by atomic mass is 32.1. The van der Waals surface area contributed by atoms with Crippen molar-refractivity contribution >= 4 is 68.0 Å². The molecule has 0 aromatic carbocycles. The Morgan fingerprint density at radius 3 is 1.44 bits per heavy atom. The van der Waals surface area contributed by atoms with Crippen LogP contribution in [0, 0.1) is 17.3 Å². The van der Waals surface area contributed by atoms with Crippen molar-refractivity contribution in [3.05, 3.63) is 80.2 Å². The molecule has 0 aliphatic carbocycles. The monoisotopic (exact) mass is 798 g/mol. The molecule has 6 aromatic heterocycles. The molecule has 0 saturated carbocycles. The minimum absolute atomic E-state index is 0.0497. The summed E-state index contributed by atoms with van der Waals surface area (Å²) >= 11 is 11.7. The lowest BCUT2D eigenvalue weighted by Gasteiger charge is -2.15. The fraction of sp³-hybridized carbons (Fsp3) is 0.435. The molecule has 0 unspecified atom stereocenters. The van der Waals surface area contributed by atoms with E-state index in [1.54, 1.807) is 0 Å². The van der Waals surface area contributed by atoms with Crippen LogP contribution in [0.5, 0.6) is 0 Å². The van der Waals surface area contributed by atoms with Crippen LogP contribution >= 0.6 is 68.0 Å². The highest BCUT2D eigenvalue weighted by molar-refractivity contribution is 7.27. The first-order chi connectivity index (χ1) is 24.9. The van der Waals surface area contributed by atoms with Gasteiger partial charge in [-0.2, -0.15) is 0 Å². The zero-order valence-corrected chi connectivity index (χ0v) is 37.2. The third-order valence-corrected chi connectivity index (χ3v) is 16.8. The molecular formula is C46H54S6. The van der Waals surface area contributed by atoms with Crippen molar-refractivity contribution in [2.24, 2.45) is 5.41 Å². The average Bonchev–Trinajstić information content (AvgIpc) is 3.94. The quantitative estimate of drug-likeness (QED) is 0.0717. The van der Waals surface area contributed by atoms with Crippen LogP contribution in [0.25, 0.3) is 50.1 Å². The highest BCUT2D eigenvalue weighted by Gasteiger charge is 2.26.